The van der Waals surface area contributed by atoms with Gasteiger partial charge in [-0.25, -0.2) is 0 Å². The summed E-state index contributed by atoms with van der Waals surface area (Å²) in [6.07, 6.45) is 1.15. The maximum Gasteiger partial charge on any atom is 0.0817 e. The second-order valence-corrected chi connectivity index (χ2v) is 2.85. The van der Waals surface area contributed by atoms with E-state index in [1.807, 2.05) is 0 Å². The average molecular weight is 178 g/mol. The molecule has 0 aromatic heterocycles. The number of ether oxygens (including phenoxy) is 1. The van der Waals surface area contributed by atoms with Crippen LogP contribution in [0.25, 0.3) is 0 Å². The molecule has 0 aromatic rings. The molecule has 0 rings (SSSR count). The van der Waals surface area contributed by atoms with Gasteiger partial charge in [0.15, 0.2) is 0 Å². The zero-order chi connectivity index (χ0) is 8.53. The molecule has 3 heteroatoms. The van der Waals surface area contributed by atoms with Crippen LogP contribution in [0.3, 0.4) is 0 Å². The highest BCUT2D eigenvalue weighted by Crippen LogP contribution is 1.95. The first kappa shape index (κ1) is 11.0. The van der Waals surface area contributed by atoms with E-state index in [0.29, 0.717) is 18.2 Å². The first-order valence-electron chi connectivity index (χ1n) is 3.89. The first-order valence-corrected chi connectivity index (χ1v) is 4.27. The van der Waals surface area contributed by atoms with Crippen molar-refractivity contribution >= 4 is 11.6 Å². The summed E-state index contributed by atoms with van der Waals surface area (Å²) >= 11 is 5.48. The minimum Gasteiger partial charge on any atom is -0.375 e. The fourth-order valence-corrected chi connectivity index (χ4v) is 0.706. The summed E-state index contributed by atoms with van der Waals surface area (Å²) < 4.78 is 5.15. The summed E-state index contributed by atoms with van der Waals surface area (Å²) in [5, 5.41) is 3.77. The van der Waals surface area contributed by atoms with Crippen LogP contribution < -0.4 is 5.32 Å². The van der Waals surface area contributed by atoms with Crippen molar-refractivity contribution in [2.75, 3.05) is 26.3 Å². The average Bonchev–Trinajstić information content (AvgIpc) is 1.96. The largest absolute Gasteiger partial charge is 0.375 e. The lowest BCUT2D eigenvalue weighted by Gasteiger charge is -2.03. The maximum absolute atomic E-state index is 5.48. The van der Waals surface area contributed by atoms with Crippen LogP contribution in [0.5, 0.6) is 0 Å². The Kier molecular flexibility index (Phi) is 8.01. The zero-order valence-corrected chi connectivity index (χ0v) is 7.78. The SMILES string of the molecule is C=C(Cl)COCCNCCC. The molecule has 0 aliphatic heterocycles. The summed E-state index contributed by atoms with van der Waals surface area (Å²) in [6, 6.07) is 0. The zero-order valence-electron chi connectivity index (χ0n) is 7.03. The van der Waals surface area contributed by atoms with Crippen molar-refractivity contribution in [1.82, 2.24) is 5.32 Å². The summed E-state index contributed by atoms with van der Waals surface area (Å²) in [5.74, 6) is 0. The Morgan fingerprint density at radius 2 is 2.27 bits per heavy atom. The molecule has 0 aliphatic carbocycles. The van der Waals surface area contributed by atoms with Gasteiger partial charge < -0.3 is 10.1 Å². The van der Waals surface area contributed by atoms with E-state index in [2.05, 4.69) is 18.8 Å². The second-order valence-electron chi connectivity index (χ2n) is 2.32. The van der Waals surface area contributed by atoms with Crippen LogP contribution in [0.1, 0.15) is 13.3 Å². The fourth-order valence-electron chi connectivity index (χ4n) is 0.629. The molecular weight excluding hydrogens is 162 g/mol. The molecule has 2 nitrogen and oxygen atoms in total. The Hall–Kier alpha value is -0.0500. The predicted molar refractivity (Wildman–Crippen MR) is 49.0 cm³/mol. The van der Waals surface area contributed by atoms with Gasteiger partial charge in [0.1, 0.15) is 0 Å². The Labute approximate surface area is 73.6 Å². The van der Waals surface area contributed by atoms with Gasteiger partial charge in [-0.2, -0.15) is 0 Å². The summed E-state index contributed by atoms with van der Waals surface area (Å²) in [4.78, 5) is 0. The van der Waals surface area contributed by atoms with Gasteiger partial charge >= 0.3 is 0 Å². The van der Waals surface area contributed by atoms with Gasteiger partial charge in [-0.05, 0) is 13.0 Å². The minimum atomic E-state index is 0.454. The molecule has 0 bridgehead atoms. The van der Waals surface area contributed by atoms with Gasteiger partial charge in [0.2, 0.25) is 0 Å². The molecule has 0 saturated heterocycles. The molecule has 0 fully saturated rings. The van der Waals surface area contributed by atoms with E-state index in [1.54, 1.807) is 0 Å². The first-order chi connectivity index (χ1) is 5.27. The van der Waals surface area contributed by atoms with Crippen LogP contribution in [0.2, 0.25) is 0 Å². The number of hydrogen-bond donors (Lipinski definition) is 1. The Bertz CT molecular complexity index is 106. The number of rotatable bonds is 7. The maximum atomic E-state index is 5.48. The van der Waals surface area contributed by atoms with Crippen molar-refractivity contribution in [3.63, 3.8) is 0 Å². The third kappa shape index (κ3) is 9.95. The van der Waals surface area contributed by atoms with Gasteiger partial charge in [-0.15, -0.1) is 0 Å². The van der Waals surface area contributed by atoms with Gasteiger partial charge in [0, 0.05) is 11.6 Å². The second kappa shape index (κ2) is 8.05. The van der Waals surface area contributed by atoms with E-state index in [4.69, 9.17) is 16.3 Å². The molecule has 0 aromatic carbocycles. The third-order valence-corrected chi connectivity index (χ3v) is 1.22. The highest BCUT2D eigenvalue weighted by Gasteiger charge is 1.88. The van der Waals surface area contributed by atoms with E-state index < -0.39 is 0 Å². The molecule has 0 spiro atoms. The minimum absolute atomic E-state index is 0.454. The Morgan fingerprint density at radius 3 is 2.82 bits per heavy atom. The summed E-state index contributed by atoms with van der Waals surface area (Å²) in [6.45, 7) is 8.73. The third-order valence-electron chi connectivity index (χ3n) is 1.11. The van der Waals surface area contributed by atoms with Gasteiger partial charge in [0.05, 0.1) is 13.2 Å². The fraction of sp³-hybridized carbons (Fsp3) is 0.750. The Balaban J connectivity index is 2.85. The normalized spacial score (nSPS) is 10.0. The van der Waals surface area contributed by atoms with Crippen LogP contribution in [0, 0.1) is 0 Å². The molecular formula is C8H16ClNO. The summed E-state index contributed by atoms with van der Waals surface area (Å²) in [7, 11) is 0. The molecule has 0 aliphatic rings. The lowest BCUT2D eigenvalue weighted by atomic mass is 10.5. The van der Waals surface area contributed by atoms with Crippen molar-refractivity contribution in [3.05, 3.63) is 11.6 Å². The van der Waals surface area contributed by atoms with Crippen molar-refractivity contribution in [2.24, 2.45) is 0 Å². The molecule has 0 unspecified atom stereocenters. The van der Waals surface area contributed by atoms with Gasteiger partial charge in [-0.1, -0.05) is 25.1 Å². The van der Waals surface area contributed by atoms with Crippen LogP contribution in [0.15, 0.2) is 11.6 Å². The lowest BCUT2D eigenvalue weighted by molar-refractivity contribution is 0.162. The Morgan fingerprint density at radius 1 is 1.55 bits per heavy atom. The van der Waals surface area contributed by atoms with E-state index in [1.165, 1.54) is 0 Å². The number of halogens is 1. The van der Waals surface area contributed by atoms with Crippen LogP contribution in [0.4, 0.5) is 0 Å². The van der Waals surface area contributed by atoms with Crippen molar-refractivity contribution in [2.45, 2.75) is 13.3 Å². The van der Waals surface area contributed by atoms with Crippen molar-refractivity contribution in [1.29, 1.82) is 0 Å². The highest BCUT2D eigenvalue weighted by molar-refractivity contribution is 6.29. The smallest absolute Gasteiger partial charge is 0.0817 e. The standard InChI is InChI=1S/C8H16ClNO/c1-3-4-10-5-6-11-7-8(2)9/h10H,2-7H2,1H3. The molecule has 0 amide bonds. The molecule has 66 valence electrons. The topological polar surface area (TPSA) is 21.3 Å². The number of hydrogen-bond acceptors (Lipinski definition) is 2. The van der Waals surface area contributed by atoms with Crippen LogP contribution >= 0.6 is 11.6 Å². The lowest BCUT2D eigenvalue weighted by Crippen LogP contribution is -2.20. The quantitative estimate of drug-likeness (QED) is 0.599. The molecule has 0 radical (unpaired) electrons. The van der Waals surface area contributed by atoms with Gasteiger partial charge in [0.25, 0.3) is 0 Å². The molecule has 1 N–H and O–H groups in total. The van der Waals surface area contributed by atoms with Gasteiger partial charge in [-0.3, -0.25) is 0 Å². The van der Waals surface area contributed by atoms with E-state index >= 15 is 0 Å². The molecule has 0 heterocycles. The highest BCUT2D eigenvalue weighted by atomic mass is 35.5. The number of nitrogens with one attached hydrogen (secondary N) is 1. The van der Waals surface area contributed by atoms with Crippen molar-refractivity contribution in [3.8, 4) is 0 Å². The monoisotopic (exact) mass is 177 g/mol. The molecule has 0 atom stereocenters. The summed E-state index contributed by atoms with van der Waals surface area (Å²) in [5.41, 5.74) is 0. The van der Waals surface area contributed by atoms with E-state index in [-0.39, 0.29) is 0 Å². The van der Waals surface area contributed by atoms with E-state index in [9.17, 15) is 0 Å². The van der Waals surface area contributed by atoms with Crippen LogP contribution in [-0.2, 0) is 4.74 Å². The van der Waals surface area contributed by atoms with E-state index in [0.717, 1.165) is 19.5 Å². The van der Waals surface area contributed by atoms with Crippen LogP contribution in [-0.4, -0.2) is 26.3 Å². The molecule has 11 heavy (non-hydrogen) atoms. The van der Waals surface area contributed by atoms with Crippen molar-refractivity contribution < 1.29 is 4.74 Å². The molecule has 0 saturated carbocycles. The predicted octanol–water partition coefficient (Wildman–Crippen LogP) is 1.76.